The van der Waals surface area contributed by atoms with E-state index in [1.54, 1.807) is 0 Å². The normalized spacial score (nSPS) is 11.4. The number of Topliss-reactive ketones (excluding diaryl/α,β-unsaturated/α-hetero) is 1. The Morgan fingerprint density at radius 1 is 0.250 bits per heavy atom. The van der Waals surface area contributed by atoms with Crippen molar-refractivity contribution >= 4 is 5.78 Å². The first-order chi connectivity index (χ1) is 19.8. The first-order valence-corrected chi connectivity index (χ1v) is 19.3. The van der Waals surface area contributed by atoms with E-state index in [1.165, 1.54) is 205 Å². The standard InChI is InChI=1S/C39H78O/c1-3-5-7-9-11-13-15-16-17-18-19-20-21-22-23-24-25-26-27-28-30-32-34-36-38-39(40)37-35-33-31-29-14-12-10-8-6-4-2/h3-38H2,1-2H3. The van der Waals surface area contributed by atoms with Crippen molar-refractivity contribution in [3.05, 3.63) is 0 Å². The van der Waals surface area contributed by atoms with Crippen molar-refractivity contribution in [3.8, 4) is 0 Å². The zero-order valence-corrected chi connectivity index (χ0v) is 28.4. The van der Waals surface area contributed by atoms with E-state index in [1.807, 2.05) is 0 Å². The summed E-state index contributed by atoms with van der Waals surface area (Å²) < 4.78 is 0. The van der Waals surface area contributed by atoms with E-state index in [2.05, 4.69) is 13.8 Å². The van der Waals surface area contributed by atoms with Gasteiger partial charge in [-0.15, -0.1) is 0 Å². The molecule has 40 heavy (non-hydrogen) atoms. The molecule has 1 nitrogen and oxygen atoms in total. The zero-order chi connectivity index (χ0) is 29.0. The molecule has 0 radical (unpaired) electrons. The molecule has 0 saturated heterocycles. The molecule has 0 saturated carbocycles. The molecule has 1 heteroatoms. The second kappa shape index (κ2) is 36.7. The van der Waals surface area contributed by atoms with E-state index in [0.717, 1.165) is 25.7 Å². The average Bonchev–Trinajstić information content (AvgIpc) is 2.96. The minimum absolute atomic E-state index is 0.526. The van der Waals surface area contributed by atoms with Crippen LogP contribution in [-0.2, 0) is 4.79 Å². The third kappa shape index (κ3) is 35.7. The highest BCUT2D eigenvalue weighted by Gasteiger charge is 2.02. The number of rotatable bonds is 36. The lowest BCUT2D eigenvalue weighted by atomic mass is 10.0. The van der Waals surface area contributed by atoms with E-state index in [4.69, 9.17) is 0 Å². The Morgan fingerprint density at radius 3 is 0.575 bits per heavy atom. The molecule has 0 bridgehead atoms. The summed E-state index contributed by atoms with van der Waals surface area (Å²) in [6.07, 6.45) is 49.5. The minimum Gasteiger partial charge on any atom is -0.300 e. The molecule has 0 heterocycles. The van der Waals surface area contributed by atoms with Crippen LogP contribution in [0, 0.1) is 0 Å². The van der Waals surface area contributed by atoms with Crippen LogP contribution in [0.2, 0.25) is 0 Å². The van der Waals surface area contributed by atoms with Crippen molar-refractivity contribution in [2.45, 2.75) is 245 Å². The SMILES string of the molecule is CCCCCCCCCCCCCCCCCCCCCCCCCCC(=O)CCCCCCCCCCCC. The Bertz CT molecular complexity index is 456. The van der Waals surface area contributed by atoms with Gasteiger partial charge in [-0.05, 0) is 12.8 Å². The quantitative estimate of drug-likeness (QED) is 0.0694. The van der Waals surface area contributed by atoms with Crippen LogP contribution in [0.3, 0.4) is 0 Å². The van der Waals surface area contributed by atoms with Gasteiger partial charge in [-0.25, -0.2) is 0 Å². The number of hydrogen-bond donors (Lipinski definition) is 0. The average molecular weight is 563 g/mol. The molecule has 0 aliphatic carbocycles. The molecule has 0 aliphatic rings. The predicted octanol–water partition coefficient (Wildman–Crippen LogP) is 14.6. The van der Waals surface area contributed by atoms with Crippen LogP contribution in [0.5, 0.6) is 0 Å². The lowest BCUT2D eigenvalue weighted by Crippen LogP contribution is -1.97. The maximum atomic E-state index is 12.1. The van der Waals surface area contributed by atoms with Crippen LogP contribution in [0.4, 0.5) is 0 Å². The molecule has 0 fully saturated rings. The van der Waals surface area contributed by atoms with Crippen LogP contribution in [0.1, 0.15) is 245 Å². The van der Waals surface area contributed by atoms with E-state index in [9.17, 15) is 4.79 Å². The highest BCUT2D eigenvalue weighted by molar-refractivity contribution is 5.78. The van der Waals surface area contributed by atoms with Crippen molar-refractivity contribution in [2.75, 3.05) is 0 Å². The Morgan fingerprint density at radius 2 is 0.400 bits per heavy atom. The van der Waals surface area contributed by atoms with Crippen LogP contribution < -0.4 is 0 Å². The van der Waals surface area contributed by atoms with Crippen molar-refractivity contribution in [1.29, 1.82) is 0 Å². The molecule has 0 spiro atoms. The van der Waals surface area contributed by atoms with Crippen molar-refractivity contribution in [3.63, 3.8) is 0 Å². The first-order valence-electron chi connectivity index (χ1n) is 19.3. The molecular formula is C39H78O. The smallest absolute Gasteiger partial charge is 0.132 e. The van der Waals surface area contributed by atoms with Crippen LogP contribution in [-0.4, -0.2) is 5.78 Å². The molecule has 240 valence electrons. The summed E-state index contributed by atoms with van der Waals surface area (Å²) in [6.45, 7) is 4.59. The molecule has 0 rings (SSSR count). The number of carbonyl (C=O) groups excluding carboxylic acids is 1. The van der Waals surface area contributed by atoms with Crippen molar-refractivity contribution in [1.82, 2.24) is 0 Å². The first kappa shape index (κ1) is 39.7. The van der Waals surface area contributed by atoms with Gasteiger partial charge in [0.1, 0.15) is 5.78 Å². The lowest BCUT2D eigenvalue weighted by molar-refractivity contribution is -0.119. The molecule has 0 unspecified atom stereocenters. The van der Waals surface area contributed by atoms with Gasteiger partial charge in [0, 0.05) is 12.8 Å². The number of carbonyl (C=O) groups is 1. The maximum absolute atomic E-state index is 12.1. The van der Waals surface area contributed by atoms with Gasteiger partial charge in [0.2, 0.25) is 0 Å². The van der Waals surface area contributed by atoms with E-state index < -0.39 is 0 Å². The zero-order valence-electron chi connectivity index (χ0n) is 28.4. The van der Waals surface area contributed by atoms with Gasteiger partial charge >= 0.3 is 0 Å². The number of unbranched alkanes of at least 4 members (excludes halogenated alkanes) is 32. The Kier molecular flexibility index (Phi) is 36.4. The van der Waals surface area contributed by atoms with E-state index >= 15 is 0 Å². The summed E-state index contributed by atoms with van der Waals surface area (Å²) >= 11 is 0. The van der Waals surface area contributed by atoms with Gasteiger partial charge in [-0.1, -0.05) is 219 Å². The number of hydrogen-bond acceptors (Lipinski definition) is 1. The van der Waals surface area contributed by atoms with Gasteiger partial charge < -0.3 is 0 Å². The van der Waals surface area contributed by atoms with Gasteiger partial charge in [-0.2, -0.15) is 0 Å². The molecule has 0 aromatic carbocycles. The third-order valence-corrected chi connectivity index (χ3v) is 9.12. The highest BCUT2D eigenvalue weighted by Crippen LogP contribution is 2.16. The summed E-state index contributed by atoms with van der Waals surface area (Å²) in [4.78, 5) is 12.1. The highest BCUT2D eigenvalue weighted by atomic mass is 16.1. The second-order valence-corrected chi connectivity index (χ2v) is 13.4. The second-order valence-electron chi connectivity index (χ2n) is 13.4. The molecule has 0 aromatic heterocycles. The summed E-state index contributed by atoms with van der Waals surface area (Å²) in [7, 11) is 0. The third-order valence-electron chi connectivity index (χ3n) is 9.12. The Labute approximate surface area is 255 Å². The van der Waals surface area contributed by atoms with Gasteiger partial charge in [0.05, 0.1) is 0 Å². The van der Waals surface area contributed by atoms with Crippen molar-refractivity contribution in [2.24, 2.45) is 0 Å². The molecule has 0 atom stereocenters. The molecule has 0 aromatic rings. The summed E-state index contributed by atoms with van der Waals surface area (Å²) in [5.41, 5.74) is 0. The summed E-state index contributed by atoms with van der Waals surface area (Å²) in [6, 6.07) is 0. The van der Waals surface area contributed by atoms with Crippen LogP contribution in [0.15, 0.2) is 0 Å². The Balaban J connectivity index is 3.12. The summed E-state index contributed by atoms with van der Waals surface area (Å²) in [5, 5.41) is 0. The lowest BCUT2D eigenvalue weighted by Gasteiger charge is -2.05. The van der Waals surface area contributed by atoms with E-state index in [0.29, 0.717) is 5.78 Å². The van der Waals surface area contributed by atoms with Crippen LogP contribution >= 0.6 is 0 Å². The molecular weight excluding hydrogens is 484 g/mol. The topological polar surface area (TPSA) is 17.1 Å². The van der Waals surface area contributed by atoms with Gasteiger partial charge in [-0.3, -0.25) is 4.79 Å². The monoisotopic (exact) mass is 563 g/mol. The number of ketones is 1. The minimum atomic E-state index is 0.526. The largest absolute Gasteiger partial charge is 0.300 e. The Hall–Kier alpha value is -0.330. The fourth-order valence-corrected chi connectivity index (χ4v) is 6.22. The predicted molar refractivity (Wildman–Crippen MR) is 183 cm³/mol. The summed E-state index contributed by atoms with van der Waals surface area (Å²) in [5.74, 6) is 0.526. The molecule has 0 N–H and O–H groups in total. The molecule has 0 amide bonds. The van der Waals surface area contributed by atoms with Gasteiger partial charge in [0.15, 0.2) is 0 Å². The van der Waals surface area contributed by atoms with Crippen LogP contribution in [0.25, 0.3) is 0 Å². The van der Waals surface area contributed by atoms with Crippen molar-refractivity contribution < 1.29 is 4.79 Å². The van der Waals surface area contributed by atoms with Gasteiger partial charge in [0.25, 0.3) is 0 Å². The molecule has 0 aliphatic heterocycles. The fraction of sp³-hybridized carbons (Fsp3) is 0.974. The van der Waals surface area contributed by atoms with E-state index in [-0.39, 0.29) is 0 Å². The fourth-order valence-electron chi connectivity index (χ4n) is 6.22. The maximum Gasteiger partial charge on any atom is 0.132 e.